The molecule has 1 saturated heterocycles. The van der Waals surface area contributed by atoms with E-state index < -0.39 is 0 Å². The zero-order valence-corrected chi connectivity index (χ0v) is 14.6. The first kappa shape index (κ1) is 16.7. The molecule has 0 bridgehead atoms. The van der Waals surface area contributed by atoms with Crippen LogP contribution >= 0.6 is 15.9 Å². The van der Waals surface area contributed by atoms with Crippen LogP contribution in [0.2, 0.25) is 0 Å². The van der Waals surface area contributed by atoms with E-state index in [-0.39, 0.29) is 17.2 Å². The van der Waals surface area contributed by atoms with Crippen molar-refractivity contribution >= 4 is 27.7 Å². The van der Waals surface area contributed by atoms with E-state index in [4.69, 9.17) is 4.74 Å². The highest BCUT2D eigenvalue weighted by Crippen LogP contribution is 2.23. The summed E-state index contributed by atoms with van der Waals surface area (Å²) in [7, 11) is 0. The zero-order chi connectivity index (χ0) is 16.9. The van der Waals surface area contributed by atoms with Crippen LogP contribution in [0, 0.1) is 0 Å². The number of nitrogens with one attached hydrogen (secondary N) is 1. The van der Waals surface area contributed by atoms with E-state index in [0.29, 0.717) is 19.8 Å². The molecule has 1 aliphatic rings. The number of pyridine rings is 1. The Kier molecular flexibility index (Phi) is 5.32. The topological polar surface area (TPSA) is 74.7 Å². The predicted molar refractivity (Wildman–Crippen MR) is 94.2 cm³/mol. The molecule has 2 heterocycles. The van der Waals surface area contributed by atoms with Gasteiger partial charge in [0.05, 0.1) is 18.8 Å². The summed E-state index contributed by atoms with van der Waals surface area (Å²) in [5.74, 6) is 0.486. The number of benzene rings is 1. The van der Waals surface area contributed by atoms with Gasteiger partial charge in [0.15, 0.2) is 0 Å². The highest BCUT2D eigenvalue weighted by atomic mass is 79.9. The monoisotopic (exact) mass is 391 g/mol. The van der Waals surface area contributed by atoms with E-state index in [0.717, 1.165) is 28.9 Å². The fraction of sp³-hybridized carbons (Fsp3) is 0.294. The van der Waals surface area contributed by atoms with Gasteiger partial charge in [0, 0.05) is 35.9 Å². The van der Waals surface area contributed by atoms with Crippen molar-refractivity contribution in [2.24, 2.45) is 0 Å². The average molecular weight is 392 g/mol. The Balaban J connectivity index is 1.71. The minimum Gasteiger partial charge on any atom is -0.507 e. The third kappa shape index (κ3) is 3.85. The van der Waals surface area contributed by atoms with E-state index >= 15 is 0 Å². The quantitative estimate of drug-likeness (QED) is 0.836. The van der Waals surface area contributed by atoms with Gasteiger partial charge in [-0.2, -0.15) is 0 Å². The van der Waals surface area contributed by atoms with Crippen LogP contribution in [0.25, 0.3) is 0 Å². The number of hydrogen-bond donors (Lipinski definition) is 2. The van der Waals surface area contributed by atoms with Crippen molar-refractivity contribution in [3.63, 3.8) is 0 Å². The van der Waals surface area contributed by atoms with Crippen LogP contribution in [-0.4, -0.2) is 42.3 Å². The number of carbonyl (C=O) groups is 1. The lowest BCUT2D eigenvalue weighted by atomic mass is 10.1. The normalized spacial score (nSPS) is 14.5. The first-order chi connectivity index (χ1) is 11.6. The number of aromatic hydroxyl groups is 1. The highest BCUT2D eigenvalue weighted by Gasteiger charge is 2.17. The van der Waals surface area contributed by atoms with Crippen LogP contribution < -0.4 is 10.2 Å². The Bertz CT molecular complexity index is 733. The van der Waals surface area contributed by atoms with Crippen molar-refractivity contribution in [1.82, 2.24) is 10.3 Å². The molecule has 0 saturated carbocycles. The number of aromatic nitrogens is 1. The number of ether oxygens (including phenoxy) is 1. The zero-order valence-electron chi connectivity index (χ0n) is 13.0. The van der Waals surface area contributed by atoms with Gasteiger partial charge in [-0.25, -0.2) is 4.98 Å². The fourth-order valence-corrected chi connectivity index (χ4v) is 2.94. The summed E-state index contributed by atoms with van der Waals surface area (Å²) in [6, 6.07) is 8.60. The summed E-state index contributed by atoms with van der Waals surface area (Å²) in [4.78, 5) is 18.9. The van der Waals surface area contributed by atoms with Crippen LogP contribution in [-0.2, 0) is 11.3 Å². The first-order valence-electron chi connectivity index (χ1n) is 7.68. The van der Waals surface area contributed by atoms with E-state index in [1.54, 1.807) is 18.3 Å². The highest BCUT2D eigenvalue weighted by molar-refractivity contribution is 9.10. The second-order valence-corrected chi connectivity index (χ2v) is 6.35. The Labute approximate surface area is 148 Å². The van der Waals surface area contributed by atoms with Crippen LogP contribution in [0.4, 0.5) is 5.82 Å². The molecule has 2 aromatic rings. The van der Waals surface area contributed by atoms with Gasteiger partial charge in [0.1, 0.15) is 11.6 Å². The molecule has 0 spiro atoms. The number of phenols is 1. The van der Waals surface area contributed by atoms with E-state index in [1.807, 2.05) is 12.1 Å². The average Bonchev–Trinajstić information content (AvgIpc) is 2.61. The molecule has 1 aliphatic heterocycles. The lowest BCUT2D eigenvalue weighted by Gasteiger charge is -2.29. The molecule has 1 aromatic carbocycles. The first-order valence-corrected chi connectivity index (χ1v) is 8.48. The molecule has 7 heteroatoms. The maximum atomic E-state index is 12.3. The van der Waals surface area contributed by atoms with Gasteiger partial charge >= 0.3 is 0 Å². The summed E-state index contributed by atoms with van der Waals surface area (Å²) in [6.45, 7) is 3.26. The van der Waals surface area contributed by atoms with Gasteiger partial charge < -0.3 is 20.1 Å². The third-order valence-corrected chi connectivity index (χ3v) is 4.32. The maximum Gasteiger partial charge on any atom is 0.255 e. The van der Waals surface area contributed by atoms with Crippen LogP contribution in [0.3, 0.4) is 0 Å². The van der Waals surface area contributed by atoms with Crippen LogP contribution in [0.15, 0.2) is 41.0 Å². The second-order valence-electron chi connectivity index (χ2n) is 5.43. The third-order valence-electron chi connectivity index (χ3n) is 3.82. The molecule has 0 unspecified atom stereocenters. The van der Waals surface area contributed by atoms with Crippen molar-refractivity contribution in [3.8, 4) is 5.75 Å². The van der Waals surface area contributed by atoms with Gasteiger partial charge in [0.25, 0.3) is 5.91 Å². The molecule has 126 valence electrons. The Morgan fingerprint density at radius 2 is 2.12 bits per heavy atom. The largest absolute Gasteiger partial charge is 0.507 e. The number of halogens is 1. The maximum absolute atomic E-state index is 12.3. The lowest BCUT2D eigenvalue weighted by Crippen LogP contribution is -2.37. The van der Waals surface area contributed by atoms with Gasteiger partial charge in [-0.3, -0.25) is 4.79 Å². The van der Waals surface area contributed by atoms with Crippen molar-refractivity contribution in [3.05, 3.63) is 52.1 Å². The second kappa shape index (κ2) is 7.63. The number of anilines is 1. The molecule has 2 N–H and O–H groups in total. The minimum absolute atomic E-state index is 0.0542. The number of morpholine rings is 1. The molecule has 24 heavy (non-hydrogen) atoms. The number of nitrogens with zero attached hydrogens (tertiary/aromatic N) is 2. The number of hydrogen-bond acceptors (Lipinski definition) is 5. The standard InChI is InChI=1S/C17H18BrN3O3/c18-13-3-4-14(15(22)10-13)17(23)20-11-12-2-1-5-19-16(12)21-6-8-24-9-7-21/h1-5,10,22H,6-9,11H2,(H,20,23). The molecule has 0 radical (unpaired) electrons. The summed E-state index contributed by atoms with van der Waals surface area (Å²) < 4.78 is 6.09. The molecule has 0 atom stereocenters. The van der Waals surface area contributed by atoms with Gasteiger partial charge in [-0.1, -0.05) is 22.0 Å². The molecule has 1 aromatic heterocycles. The van der Waals surface area contributed by atoms with Gasteiger partial charge in [-0.15, -0.1) is 0 Å². The number of rotatable bonds is 4. The van der Waals surface area contributed by atoms with E-state index in [1.165, 1.54) is 6.07 Å². The molecule has 3 rings (SSSR count). The summed E-state index contributed by atoms with van der Waals surface area (Å²) in [5, 5.41) is 12.7. The number of amides is 1. The molecule has 0 aliphatic carbocycles. The smallest absolute Gasteiger partial charge is 0.255 e. The Morgan fingerprint density at radius 1 is 1.33 bits per heavy atom. The molecular formula is C17H18BrN3O3. The van der Waals surface area contributed by atoms with Crippen LogP contribution in [0.5, 0.6) is 5.75 Å². The van der Waals surface area contributed by atoms with Crippen molar-refractivity contribution in [1.29, 1.82) is 0 Å². The molecule has 1 fully saturated rings. The number of phenolic OH excluding ortho intramolecular Hbond substituents is 1. The predicted octanol–water partition coefficient (Wildman–Crippen LogP) is 2.32. The number of carbonyl (C=O) groups excluding carboxylic acids is 1. The Hall–Kier alpha value is -2.12. The molecule has 1 amide bonds. The van der Waals surface area contributed by atoms with Crippen molar-refractivity contribution in [2.75, 3.05) is 31.2 Å². The molecule has 6 nitrogen and oxygen atoms in total. The van der Waals surface area contributed by atoms with Crippen molar-refractivity contribution < 1.29 is 14.6 Å². The fourth-order valence-electron chi connectivity index (χ4n) is 2.60. The lowest BCUT2D eigenvalue weighted by molar-refractivity contribution is 0.0948. The summed E-state index contributed by atoms with van der Waals surface area (Å²) in [5.41, 5.74) is 1.18. The molecular weight excluding hydrogens is 374 g/mol. The SMILES string of the molecule is O=C(NCc1cccnc1N1CCOCC1)c1ccc(Br)cc1O. The van der Waals surface area contributed by atoms with Gasteiger partial charge in [-0.05, 0) is 24.3 Å². The van der Waals surface area contributed by atoms with E-state index in [9.17, 15) is 9.90 Å². The van der Waals surface area contributed by atoms with Crippen molar-refractivity contribution in [2.45, 2.75) is 6.54 Å². The van der Waals surface area contributed by atoms with Crippen LogP contribution in [0.1, 0.15) is 15.9 Å². The Morgan fingerprint density at radius 3 is 2.88 bits per heavy atom. The van der Waals surface area contributed by atoms with E-state index in [2.05, 4.69) is 31.1 Å². The summed E-state index contributed by atoms with van der Waals surface area (Å²) in [6.07, 6.45) is 1.75. The summed E-state index contributed by atoms with van der Waals surface area (Å²) >= 11 is 3.26. The van der Waals surface area contributed by atoms with Gasteiger partial charge in [0.2, 0.25) is 0 Å². The minimum atomic E-state index is -0.322.